The summed E-state index contributed by atoms with van der Waals surface area (Å²) in [6.45, 7) is 10.5. The Hall–Kier alpha value is -0.640. The Labute approximate surface area is 97.8 Å². The Morgan fingerprint density at radius 3 is 2.20 bits per heavy atom. The van der Waals surface area contributed by atoms with Gasteiger partial charge in [-0.05, 0) is 25.7 Å². The Bertz CT molecular complexity index is 249. The van der Waals surface area contributed by atoms with Crippen LogP contribution in [0.15, 0.2) is 0 Å². The SMILES string of the molecule is CC(C)C(C)CNC(=O)C(C)(C)C(N)=S. The van der Waals surface area contributed by atoms with Crippen molar-refractivity contribution in [2.75, 3.05) is 6.54 Å². The number of thiocarbonyl (C=S) groups is 1. The van der Waals surface area contributed by atoms with E-state index in [1.54, 1.807) is 13.8 Å². The fourth-order valence-corrected chi connectivity index (χ4v) is 0.915. The van der Waals surface area contributed by atoms with E-state index in [2.05, 4.69) is 26.1 Å². The van der Waals surface area contributed by atoms with Crippen molar-refractivity contribution >= 4 is 23.1 Å². The van der Waals surface area contributed by atoms with Gasteiger partial charge in [0.25, 0.3) is 0 Å². The van der Waals surface area contributed by atoms with Gasteiger partial charge in [-0.1, -0.05) is 33.0 Å². The van der Waals surface area contributed by atoms with Crippen molar-refractivity contribution in [3.63, 3.8) is 0 Å². The minimum Gasteiger partial charge on any atom is -0.392 e. The largest absolute Gasteiger partial charge is 0.392 e. The fourth-order valence-electron chi connectivity index (χ4n) is 0.822. The molecule has 0 fully saturated rings. The molecule has 1 unspecified atom stereocenters. The predicted octanol–water partition coefficient (Wildman–Crippen LogP) is 1.71. The zero-order chi connectivity index (χ0) is 12.2. The smallest absolute Gasteiger partial charge is 0.232 e. The van der Waals surface area contributed by atoms with Crippen LogP contribution in [0, 0.1) is 17.3 Å². The predicted molar refractivity (Wildman–Crippen MR) is 67.6 cm³/mol. The average Bonchev–Trinajstić information content (AvgIpc) is 2.12. The number of amides is 1. The summed E-state index contributed by atoms with van der Waals surface area (Å²) >= 11 is 4.86. The molecule has 0 heterocycles. The normalized spacial score (nSPS) is 13.7. The standard InChI is InChI=1S/C11H22N2OS/c1-7(2)8(3)6-13-10(14)11(4,5)9(12)15/h7-8H,6H2,1-5H3,(H2,12,15)(H,13,14). The molecule has 0 aromatic carbocycles. The lowest BCUT2D eigenvalue weighted by atomic mass is 9.91. The third-order valence-corrected chi connectivity index (χ3v) is 3.42. The number of carbonyl (C=O) groups excluding carboxylic acids is 1. The van der Waals surface area contributed by atoms with Crippen molar-refractivity contribution in [2.45, 2.75) is 34.6 Å². The lowest BCUT2D eigenvalue weighted by Crippen LogP contribution is -2.46. The summed E-state index contributed by atoms with van der Waals surface area (Å²) in [4.78, 5) is 12.0. The topological polar surface area (TPSA) is 55.1 Å². The summed E-state index contributed by atoms with van der Waals surface area (Å²) in [6, 6.07) is 0. The molecule has 15 heavy (non-hydrogen) atoms. The highest BCUT2D eigenvalue weighted by Gasteiger charge is 2.30. The van der Waals surface area contributed by atoms with Gasteiger partial charge in [-0.3, -0.25) is 4.79 Å². The first-order valence-corrected chi connectivity index (χ1v) is 5.68. The number of hydrogen-bond donors (Lipinski definition) is 2. The van der Waals surface area contributed by atoms with E-state index in [4.69, 9.17) is 18.0 Å². The third kappa shape index (κ3) is 4.16. The molecule has 0 saturated carbocycles. The van der Waals surface area contributed by atoms with E-state index in [1.165, 1.54) is 0 Å². The Morgan fingerprint density at radius 2 is 1.87 bits per heavy atom. The van der Waals surface area contributed by atoms with Gasteiger partial charge in [0.15, 0.2) is 0 Å². The second-order valence-corrected chi connectivity index (χ2v) is 5.36. The van der Waals surface area contributed by atoms with Gasteiger partial charge in [0, 0.05) is 6.54 Å². The highest BCUT2D eigenvalue weighted by Crippen LogP contribution is 2.16. The molecule has 0 aliphatic carbocycles. The van der Waals surface area contributed by atoms with Gasteiger partial charge < -0.3 is 11.1 Å². The first-order valence-electron chi connectivity index (χ1n) is 5.27. The summed E-state index contributed by atoms with van der Waals surface area (Å²) in [5.74, 6) is 0.914. The van der Waals surface area contributed by atoms with E-state index in [9.17, 15) is 4.79 Å². The molecule has 0 aliphatic heterocycles. The number of carbonyl (C=O) groups is 1. The maximum Gasteiger partial charge on any atom is 0.232 e. The van der Waals surface area contributed by atoms with Crippen molar-refractivity contribution in [1.29, 1.82) is 0 Å². The average molecular weight is 230 g/mol. The summed E-state index contributed by atoms with van der Waals surface area (Å²) < 4.78 is 0. The lowest BCUT2D eigenvalue weighted by Gasteiger charge is -2.24. The molecule has 1 amide bonds. The molecule has 3 N–H and O–H groups in total. The van der Waals surface area contributed by atoms with Crippen LogP contribution in [-0.2, 0) is 4.79 Å². The quantitative estimate of drug-likeness (QED) is 0.707. The molecule has 0 radical (unpaired) electrons. The first-order chi connectivity index (χ1) is 6.69. The Kier molecular flexibility index (Phi) is 5.21. The molecule has 88 valence electrons. The van der Waals surface area contributed by atoms with Crippen LogP contribution in [0.1, 0.15) is 34.6 Å². The summed E-state index contributed by atoms with van der Waals surface area (Å²) in [5, 5.41) is 2.88. The molecular weight excluding hydrogens is 208 g/mol. The Morgan fingerprint density at radius 1 is 1.40 bits per heavy atom. The zero-order valence-corrected chi connectivity index (χ0v) is 11.1. The van der Waals surface area contributed by atoms with Crippen LogP contribution >= 0.6 is 12.2 Å². The van der Waals surface area contributed by atoms with Gasteiger partial charge >= 0.3 is 0 Å². The van der Waals surface area contributed by atoms with E-state index in [0.29, 0.717) is 18.4 Å². The van der Waals surface area contributed by atoms with Crippen molar-refractivity contribution in [3.8, 4) is 0 Å². The monoisotopic (exact) mass is 230 g/mol. The molecule has 3 nitrogen and oxygen atoms in total. The van der Waals surface area contributed by atoms with Gasteiger partial charge in [0.2, 0.25) is 5.91 Å². The molecule has 0 aliphatic rings. The maximum absolute atomic E-state index is 11.8. The van der Waals surface area contributed by atoms with Gasteiger partial charge in [0.1, 0.15) is 0 Å². The van der Waals surface area contributed by atoms with E-state index < -0.39 is 5.41 Å². The summed E-state index contributed by atoms with van der Waals surface area (Å²) in [5.41, 5.74) is 4.75. The van der Waals surface area contributed by atoms with E-state index >= 15 is 0 Å². The minimum absolute atomic E-state index is 0.0949. The third-order valence-electron chi connectivity index (χ3n) is 2.91. The number of rotatable bonds is 5. The van der Waals surface area contributed by atoms with Crippen LogP contribution in [0.3, 0.4) is 0 Å². The molecule has 0 bridgehead atoms. The molecule has 0 saturated heterocycles. The van der Waals surface area contributed by atoms with Crippen LogP contribution in [-0.4, -0.2) is 17.4 Å². The highest BCUT2D eigenvalue weighted by atomic mass is 32.1. The fraction of sp³-hybridized carbons (Fsp3) is 0.818. The summed E-state index contributed by atoms with van der Waals surface area (Å²) in [6.07, 6.45) is 0. The van der Waals surface area contributed by atoms with Crippen molar-refractivity contribution in [1.82, 2.24) is 5.32 Å². The van der Waals surface area contributed by atoms with E-state index in [0.717, 1.165) is 0 Å². The molecule has 1 atom stereocenters. The Balaban J connectivity index is 4.22. The zero-order valence-electron chi connectivity index (χ0n) is 10.3. The minimum atomic E-state index is -0.758. The second kappa shape index (κ2) is 5.45. The van der Waals surface area contributed by atoms with Crippen molar-refractivity contribution in [3.05, 3.63) is 0 Å². The van der Waals surface area contributed by atoms with Gasteiger partial charge in [0.05, 0.1) is 10.4 Å². The molecule has 4 heteroatoms. The molecule has 0 spiro atoms. The number of nitrogens with two attached hydrogens (primary N) is 1. The van der Waals surface area contributed by atoms with Crippen LogP contribution in [0.2, 0.25) is 0 Å². The molecule has 0 aromatic heterocycles. The van der Waals surface area contributed by atoms with Gasteiger partial charge in [-0.25, -0.2) is 0 Å². The molecular formula is C11H22N2OS. The van der Waals surface area contributed by atoms with Crippen LogP contribution in [0.4, 0.5) is 0 Å². The highest BCUT2D eigenvalue weighted by molar-refractivity contribution is 7.80. The maximum atomic E-state index is 11.8. The van der Waals surface area contributed by atoms with Gasteiger partial charge in [-0.15, -0.1) is 0 Å². The first kappa shape index (κ1) is 14.4. The van der Waals surface area contributed by atoms with Crippen molar-refractivity contribution < 1.29 is 4.79 Å². The number of hydrogen-bond acceptors (Lipinski definition) is 2. The van der Waals surface area contributed by atoms with Crippen LogP contribution in [0.25, 0.3) is 0 Å². The number of nitrogens with one attached hydrogen (secondary N) is 1. The van der Waals surface area contributed by atoms with Gasteiger partial charge in [-0.2, -0.15) is 0 Å². The molecule has 0 rings (SSSR count). The second-order valence-electron chi connectivity index (χ2n) is 4.92. The van der Waals surface area contributed by atoms with Crippen LogP contribution < -0.4 is 11.1 Å². The van der Waals surface area contributed by atoms with Crippen LogP contribution in [0.5, 0.6) is 0 Å². The summed E-state index contributed by atoms with van der Waals surface area (Å²) in [7, 11) is 0. The lowest BCUT2D eigenvalue weighted by molar-refractivity contribution is -0.126. The molecule has 0 aromatic rings. The van der Waals surface area contributed by atoms with Crippen molar-refractivity contribution in [2.24, 2.45) is 23.0 Å². The van der Waals surface area contributed by atoms with E-state index in [1.807, 2.05) is 0 Å². The van der Waals surface area contributed by atoms with E-state index in [-0.39, 0.29) is 10.9 Å².